The number of ether oxygens (including phenoxy) is 1. The first kappa shape index (κ1) is 18.4. The third-order valence-corrected chi connectivity index (χ3v) is 4.45. The van der Waals surface area contributed by atoms with E-state index in [0.717, 1.165) is 25.7 Å². The molecule has 0 saturated carbocycles. The van der Waals surface area contributed by atoms with E-state index in [1.165, 1.54) is 12.1 Å². The van der Waals surface area contributed by atoms with Gasteiger partial charge in [-0.1, -0.05) is 44.4 Å². The Bertz CT molecular complexity index is 780. The molecule has 0 heterocycles. The van der Waals surface area contributed by atoms with Gasteiger partial charge >= 0.3 is 0 Å². The first-order chi connectivity index (χ1) is 11.3. The molecule has 0 atom stereocenters. The molecule has 2 rings (SSSR count). The summed E-state index contributed by atoms with van der Waals surface area (Å²) in [5, 5.41) is 5.07. The largest absolute Gasteiger partial charge is 0.493 e. The quantitative estimate of drug-likeness (QED) is 0.571. The third kappa shape index (κ3) is 4.52. The van der Waals surface area contributed by atoms with Gasteiger partial charge in [-0.3, -0.25) is 9.59 Å². The smallest absolute Gasteiger partial charge is 0.234 e. The molecule has 0 radical (unpaired) electrons. The Hall–Kier alpha value is -1.99. The number of hydrogen-bond donors (Lipinski definition) is 1. The van der Waals surface area contributed by atoms with Crippen molar-refractivity contribution in [1.82, 2.24) is 0 Å². The van der Waals surface area contributed by atoms with Crippen molar-refractivity contribution in [1.29, 1.82) is 0 Å². The Morgan fingerprint density at radius 3 is 2.54 bits per heavy atom. The predicted octanol–water partition coefficient (Wildman–Crippen LogP) is 2.18. The molecule has 1 aromatic carbocycles. The second kappa shape index (κ2) is 7.72. The molecule has 6 nitrogen and oxygen atoms in total. The summed E-state index contributed by atoms with van der Waals surface area (Å²) >= 11 is 0. The molecule has 0 bridgehead atoms. The summed E-state index contributed by atoms with van der Waals surface area (Å²) in [4.78, 5) is 24.1. The molecule has 0 aliphatic heterocycles. The normalized spacial score (nSPS) is 14.3. The van der Waals surface area contributed by atoms with Gasteiger partial charge in [-0.05, 0) is 12.0 Å². The molecule has 7 heteroatoms. The minimum atomic E-state index is -3.82. The molecule has 0 amide bonds. The average Bonchev–Trinajstić information content (AvgIpc) is 2.50. The zero-order valence-electron chi connectivity index (χ0n) is 13.6. The van der Waals surface area contributed by atoms with Gasteiger partial charge in [-0.2, -0.15) is 0 Å². The van der Waals surface area contributed by atoms with Crippen molar-refractivity contribution in [2.75, 3.05) is 6.61 Å². The first-order valence-corrected chi connectivity index (χ1v) is 9.61. The highest BCUT2D eigenvalue weighted by atomic mass is 32.2. The van der Waals surface area contributed by atoms with Crippen LogP contribution in [0.3, 0.4) is 0 Å². The highest BCUT2D eigenvalue weighted by molar-refractivity contribution is 7.88. The van der Waals surface area contributed by atoms with Crippen molar-refractivity contribution < 1.29 is 22.7 Å². The Morgan fingerprint density at radius 2 is 1.88 bits per heavy atom. The molecule has 1 aliphatic carbocycles. The van der Waals surface area contributed by atoms with Crippen LogP contribution in [0.1, 0.15) is 54.1 Å². The van der Waals surface area contributed by atoms with Crippen LogP contribution in [0.25, 0.3) is 5.76 Å². The fourth-order valence-electron chi connectivity index (χ4n) is 2.63. The zero-order chi connectivity index (χ0) is 17.7. The van der Waals surface area contributed by atoms with Crippen LogP contribution < -0.4 is 5.14 Å². The topological polar surface area (TPSA) is 104 Å². The number of hydrogen-bond acceptors (Lipinski definition) is 5. The van der Waals surface area contributed by atoms with Crippen molar-refractivity contribution in [3.8, 4) is 0 Å². The number of primary sulfonamides is 1. The Balaban J connectivity index is 2.28. The van der Waals surface area contributed by atoms with Crippen LogP contribution in [-0.4, -0.2) is 26.6 Å². The van der Waals surface area contributed by atoms with Gasteiger partial charge in [-0.15, -0.1) is 0 Å². The lowest BCUT2D eigenvalue weighted by molar-refractivity contribution is -0.111. The average molecular weight is 351 g/mol. The minimum Gasteiger partial charge on any atom is -0.493 e. The molecular weight excluding hydrogens is 330 g/mol. The molecule has 0 fully saturated rings. The SMILES string of the molecule is CCCCCCOC1=CC(=O)C(=O)c2c(CS(N)(=O)=O)cccc21. The Labute approximate surface area is 141 Å². The Kier molecular flexibility index (Phi) is 5.90. The number of Topliss-reactive ketones (excluding diaryl/α,β-unsaturated/α-hetero) is 1. The summed E-state index contributed by atoms with van der Waals surface area (Å²) in [5.41, 5.74) is 0.729. The maximum absolute atomic E-state index is 12.2. The van der Waals surface area contributed by atoms with E-state index in [1.54, 1.807) is 12.1 Å². The molecule has 1 aliphatic rings. The van der Waals surface area contributed by atoms with E-state index < -0.39 is 27.3 Å². The highest BCUT2D eigenvalue weighted by Crippen LogP contribution is 2.29. The molecule has 0 saturated heterocycles. The van der Waals surface area contributed by atoms with Gasteiger partial charge in [-0.25, -0.2) is 13.6 Å². The van der Waals surface area contributed by atoms with Crippen molar-refractivity contribution >= 4 is 27.3 Å². The molecule has 24 heavy (non-hydrogen) atoms. The number of allylic oxidation sites excluding steroid dienone is 1. The van der Waals surface area contributed by atoms with Crippen LogP contribution in [0.5, 0.6) is 0 Å². The van der Waals surface area contributed by atoms with E-state index in [2.05, 4.69) is 6.92 Å². The van der Waals surface area contributed by atoms with E-state index in [4.69, 9.17) is 9.88 Å². The van der Waals surface area contributed by atoms with Crippen molar-refractivity contribution in [3.63, 3.8) is 0 Å². The number of fused-ring (bicyclic) bond motifs is 1. The first-order valence-electron chi connectivity index (χ1n) is 7.89. The summed E-state index contributed by atoms with van der Waals surface area (Å²) in [5.74, 6) is -1.64. The van der Waals surface area contributed by atoms with Crippen LogP contribution >= 0.6 is 0 Å². The van der Waals surface area contributed by atoms with E-state index in [9.17, 15) is 18.0 Å². The summed E-state index contributed by atoms with van der Waals surface area (Å²) in [7, 11) is -3.82. The van der Waals surface area contributed by atoms with Gasteiger partial charge in [0, 0.05) is 17.2 Å². The minimum absolute atomic E-state index is 0.0718. The number of carbonyl (C=O) groups is 2. The second-order valence-corrected chi connectivity index (χ2v) is 7.37. The summed E-state index contributed by atoms with van der Waals surface area (Å²) in [6, 6.07) is 4.75. The van der Waals surface area contributed by atoms with Crippen LogP contribution in [0, 0.1) is 0 Å². The number of rotatable bonds is 8. The number of nitrogens with two attached hydrogens (primary N) is 1. The zero-order valence-corrected chi connectivity index (χ0v) is 14.4. The number of ketones is 2. The maximum atomic E-state index is 12.2. The molecule has 1 aromatic rings. The van der Waals surface area contributed by atoms with E-state index in [-0.39, 0.29) is 11.1 Å². The van der Waals surface area contributed by atoms with E-state index >= 15 is 0 Å². The van der Waals surface area contributed by atoms with Gasteiger partial charge in [0.1, 0.15) is 5.76 Å². The van der Waals surface area contributed by atoms with Crippen LogP contribution in [0.2, 0.25) is 0 Å². The van der Waals surface area contributed by atoms with Crippen molar-refractivity contribution in [3.05, 3.63) is 41.0 Å². The van der Waals surface area contributed by atoms with Crippen LogP contribution in [0.15, 0.2) is 24.3 Å². The monoisotopic (exact) mass is 351 g/mol. The van der Waals surface area contributed by atoms with Crippen LogP contribution in [-0.2, 0) is 25.3 Å². The molecule has 2 N–H and O–H groups in total. The fourth-order valence-corrected chi connectivity index (χ4v) is 3.30. The van der Waals surface area contributed by atoms with Gasteiger partial charge in [0.2, 0.25) is 21.6 Å². The molecule has 0 unspecified atom stereocenters. The van der Waals surface area contributed by atoms with Crippen molar-refractivity contribution in [2.24, 2.45) is 5.14 Å². The second-order valence-electron chi connectivity index (χ2n) is 5.76. The summed E-state index contributed by atoms with van der Waals surface area (Å²) < 4.78 is 28.4. The lowest BCUT2D eigenvalue weighted by atomic mass is 9.90. The van der Waals surface area contributed by atoms with E-state index in [1.807, 2.05) is 0 Å². The fraction of sp³-hybridized carbons (Fsp3) is 0.412. The van der Waals surface area contributed by atoms with Gasteiger partial charge in [0.15, 0.2) is 0 Å². The summed E-state index contributed by atoms with van der Waals surface area (Å²) in [6.07, 6.45) is 5.25. The number of benzene rings is 1. The molecule has 0 spiro atoms. The van der Waals surface area contributed by atoms with E-state index in [0.29, 0.717) is 17.9 Å². The molecule has 0 aromatic heterocycles. The number of carbonyl (C=O) groups excluding carboxylic acids is 2. The lowest BCUT2D eigenvalue weighted by Gasteiger charge is -2.19. The van der Waals surface area contributed by atoms with Crippen molar-refractivity contribution in [2.45, 2.75) is 38.4 Å². The number of unbranched alkanes of at least 4 members (excludes halogenated alkanes) is 3. The Morgan fingerprint density at radius 1 is 1.12 bits per heavy atom. The van der Waals surface area contributed by atoms with Gasteiger partial charge in [0.05, 0.1) is 12.4 Å². The predicted molar refractivity (Wildman–Crippen MR) is 90.7 cm³/mol. The maximum Gasteiger partial charge on any atom is 0.234 e. The summed E-state index contributed by atoms with van der Waals surface area (Å²) in [6.45, 7) is 2.55. The third-order valence-electron chi connectivity index (χ3n) is 3.74. The molecule has 130 valence electrons. The molecular formula is C17H21NO5S. The standard InChI is InChI=1S/C17H21NO5S/c1-2-3-4-5-9-23-15-10-14(19)17(20)16-12(11-24(18,21)22)7-6-8-13(15)16/h6-8,10H,2-5,9,11H2,1H3,(H2,18,21,22). The van der Waals surface area contributed by atoms with Gasteiger partial charge < -0.3 is 4.74 Å². The highest BCUT2D eigenvalue weighted by Gasteiger charge is 2.30. The van der Waals surface area contributed by atoms with Crippen LogP contribution in [0.4, 0.5) is 0 Å². The number of sulfonamides is 1. The lowest BCUT2D eigenvalue weighted by Crippen LogP contribution is -2.24. The van der Waals surface area contributed by atoms with Gasteiger partial charge in [0.25, 0.3) is 0 Å².